The first-order valence-corrected chi connectivity index (χ1v) is 7.89. The minimum absolute atomic E-state index is 0.108. The van der Waals surface area contributed by atoms with E-state index in [1.807, 2.05) is 5.38 Å². The fourth-order valence-corrected chi connectivity index (χ4v) is 3.42. The fraction of sp³-hybridized carbons (Fsp3) is 0.267. The summed E-state index contributed by atoms with van der Waals surface area (Å²) in [4.78, 5) is 31.5. The van der Waals surface area contributed by atoms with E-state index in [1.54, 1.807) is 29.3 Å². The molecule has 0 unspecified atom stereocenters. The Bertz CT molecular complexity index is 925. The van der Waals surface area contributed by atoms with Gasteiger partial charge in [-0.2, -0.15) is 0 Å². The van der Waals surface area contributed by atoms with Crippen molar-refractivity contribution in [1.82, 2.24) is 14.3 Å². The van der Waals surface area contributed by atoms with Gasteiger partial charge in [-0.05, 0) is 23.6 Å². The molecule has 0 N–H and O–H groups in total. The highest BCUT2D eigenvalue weighted by molar-refractivity contribution is 7.17. The summed E-state index contributed by atoms with van der Waals surface area (Å²) in [5, 5.41) is 1.84. The molecule has 0 atom stereocenters. The zero-order valence-corrected chi connectivity index (χ0v) is 12.5. The van der Waals surface area contributed by atoms with Crippen molar-refractivity contribution in [2.24, 2.45) is 0 Å². The van der Waals surface area contributed by atoms with Crippen molar-refractivity contribution in [3.05, 3.63) is 45.7 Å². The summed E-state index contributed by atoms with van der Waals surface area (Å²) >= 11 is 1.36. The standard InChI is InChI=1S/C15H13N3O3S/c19-14(17-5-7-21-8-6-17)10-2-1-4-18-13(10)16-11-3-9-22-12(11)15(18)20/h1-4,9H,5-8H2. The molecule has 1 aliphatic rings. The number of hydrogen-bond acceptors (Lipinski definition) is 5. The monoisotopic (exact) mass is 315 g/mol. The largest absolute Gasteiger partial charge is 0.378 e. The summed E-state index contributed by atoms with van der Waals surface area (Å²) in [5.41, 5.74) is 1.37. The van der Waals surface area contributed by atoms with E-state index in [4.69, 9.17) is 4.74 Å². The zero-order chi connectivity index (χ0) is 15.1. The van der Waals surface area contributed by atoms with Gasteiger partial charge in [0.15, 0.2) is 5.65 Å². The van der Waals surface area contributed by atoms with E-state index in [-0.39, 0.29) is 11.5 Å². The highest BCUT2D eigenvalue weighted by atomic mass is 32.1. The van der Waals surface area contributed by atoms with Crippen molar-refractivity contribution in [3.8, 4) is 0 Å². The Balaban J connectivity index is 1.92. The van der Waals surface area contributed by atoms with Crippen LogP contribution in [0.15, 0.2) is 34.6 Å². The molecule has 1 amide bonds. The van der Waals surface area contributed by atoms with Crippen LogP contribution in [0.4, 0.5) is 0 Å². The van der Waals surface area contributed by atoms with Crippen LogP contribution in [-0.4, -0.2) is 46.5 Å². The van der Waals surface area contributed by atoms with E-state index < -0.39 is 0 Å². The van der Waals surface area contributed by atoms with Crippen LogP contribution in [0.3, 0.4) is 0 Å². The lowest BCUT2D eigenvalue weighted by molar-refractivity contribution is 0.0304. The summed E-state index contributed by atoms with van der Waals surface area (Å²) in [7, 11) is 0. The Hall–Kier alpha value is -2.25. The minimum atomic E-state index is -0.133. The number of hydrogen-bond donors (Lipinski definition) is 0. The van der Waals surface area contributed by atoms with Crippen LogP contribution in [0.2, 0.25) is 0 Å². The van der Waals surface area contributed by atoms with Crippen LogP contribution in [0.25, 0.3) is 15.9 Å². The molecule has 6 nitrogen and oxygen atoms in total. The van der Waals surface area contributed by atoms with Crippen LogP contribution < -0.4 is 5.56 Å². The van der Waals surface area contributed by atoms with Gasteiger partial charge < -0.3 is 9.64 Å². The van der Waals surface area contributed by atoms with Crippen molar-refractivity contribution < 1.29 is 9.53 Å². The third kappa shape index (κ3) is 2.01. The first-order chi connectivity index (χ1) is 10.8. The van der Waals surface area contributed by atoms with E-state index in [9.17, 15) is 9.59 Å². The molecule has 0 aromatic carbocycles. The van der Waals surface area contributed by atoms with Gasteiger partial charge in [0, 0.05) is 19.3 Å². The molecule has 22 heavy (non-hydrogen) atoms. The van der Waals surface area contributed by atoms with Crippen LogP contribution >= 0.6 is 11.3 Å². The van der Waals surface area contributed by atoms with E-state index in [2.05, 4.69) is 4.98 Å². The Kier molecular flexibility index (Phi) is 3.16. The predicted molar refractivity (Wildman–Crippen MR) is 83.6 cm³/mol. The lowest BCUT2D eigenvalue weighted by Gasteiger charge is -2.27. The summed E-state index contributed by atoms with van der Waals surface area (Å²) in [6, 6.07) is 5.23. The van der Waals surface area contributed by atoms with E-state index in [0.29, 0.717) is 47.7 Å². The number of nitrogens with zero attached hydrogens (tertiary/aromatic N) is 3. The van der Waals surface area contributed by atoms with E-state index in [1.165, 1.54) is 15.7 Å². The molecule has 1 fully saturated rings. The van der Waals surface area contributed by atoms with Gasteiger partial charge in [-0.25, -0.2) is 4.98 Å². The molecule has 0 bridgehead atoms. The number of ether oxygens (including phenoxy) is 1. The number of carbonyl (C=O) groups is 1. The fourth-order valence-electron chi connectivity index (χ4n) is 2.66. The van der Waals surface area contributed by atoms with Crippen LogP contribution in [-0.2, 0) is 4.74 Å². The van der Waals surface area contributed by atoms with Gasteiger partial charge in [-0.15, -0.1) is 11.3 Å². The number of thiophene rings is 1. The lowest BCUT2D eigenvalue weighted by Crippen LogP contribution is -2.41. The van der Waals surface area contributed by atoms with Crippen molar-refractivity contribution in [2.45, 2.75) is 0 Å². The molecule has 0 radical (unpaired) electrons. The number of aromatic nitrogens is 2. The molecule has 7 heteroatoms. The van der Waals surface area contributed by atoms with Crippen LogP contribution in [0.5, 0.6) is 0 Å². The molecule has 4 rings (SSSR count). The maximum atomic E-state index is 12.7. The third-order valence-electron chi connectivity index (χ3n) is 3.78. The normalized spacial score (nSPS) is 15.5. The molecular weight excluding hydrogens is 302 g/mol. The topological polar surface area (TPSA) is 63.9 Å². The Labute approximate surface area is 129 Å². The first kappa shape index (κ1) is 13.4. The minimum Gasteiger partial charge on any atom is -0.378 e. The molecule has 3 aromatic rings. The maximum absolute atomic E-state index is 12.7. The summed E-state index contributed by atoms with van der Waals surface area (Å²) in [5.74, 6) is -0.108. The number of amides is 1. The number of morpholine rings is 1. The molecular formula is C15H13N3O3S. The SMILES string of the molecule is O=C(c1cccn2c(=O)c3sccc3nc12)N1CCOCC1. The molecule has 112 valence electrons. The van der Waals surface area contributed by atoms with Gasteiger partial charge in [0.1, 0.15) is 4.70 Å². The van der Waals surface area contributed by atoms with Gasteiger partial charge in [-0.1, -0.05) is 0 Å². The first-order valence-electron chi connectivity index (χ1n) is 7.01. The zero-order valence-electron chi connectivity index (χ0n) is 11.7. The Morgan fingerprint density at radius 1 is 1.27 bits per heavy atom. The molecule has 1 aliphatic heterocycles. The highest BCUT2D eigenvalue weighted by Crippen LogP contribution is 2.18. The lowest BCUT2D eigenvalue weighted by atomic mass is 10.2. The van der Waals surface area contributed by atoms with Gasteiger partial charge in [0.2, 0.25) is 0 Å². The number of carbonyl (C=O) groups excluding carboxylic acids is 1. The highest BCUT2D eigenvalue weighted by Gasteiger charge is 2.22. The van der Waals surface area contributed by atoms with Gasteiger partial charge in [-0.3, -0.25) is 14.0 Å². The molecule has 0 saturated carbocycles. The Morgan fingerprint density at radius 2 is 2.09 bits per heavy atom. The molecule has 3 aromatic heterocycles. The number of fused-ring (bicyclic) bond motifs is 2. The smallest absolute Gasteiger partial charge is 0.275 e. The van der Waals surface area contributed by atoms with Gasteiger partial charge in [0.25, 0.3) is 11.5 Å². The van der Waals surface area contributed by atoms with Gasteiger partial charge >= 0.3 is 0 Å². The third-order valence-corrected chi connectivity index (χ3v) is 4.67. The summed E-state index contributed by atoms with van der Waals surface area (Å²) in [6.07, 6.45) is 1.65. The van der Waals surface area contributed by atoms with Crippen molar-refractivity contribution >= 4 is 33.1 Å². The molecule has 0 aliphatic carbocycles. The average Bonchev–Trinajstić information content (AvgIpc) is 3.04. The Morgan fingerprint density at radius 3 is 2.91 bits per heavy atom. The second-order valence-corrected chi connectivity index (χ2v) is 5.99. The second kappa shape index (κ2) is 5.19. The van der Waals surface area contributed by atoms with Crippen LogP contribution in [0.1, 0.15) is 10.4 Å². The van der Waals surface area contributed by atoms with Gasteiger partial charge in [0.05, 0.1) is 24.3 Å². The second-order valence-electron chi connectivity index (χ2n) is 5.07. The van der Waals surface area contributed by atoms with E-state index in [0.717, 1.165) is 0 Å². The molecule has 1 saturated heterocycles. The molecule has 4 heterocycles. The van der Waals surface area contributed by atoms with Crippen molar-refractivity contribution in [2.75, 3.05) is 26.3 Å². The van der Waals surface area contributed by atoms with E-state index >= 15 is 0 Å². The average molecular weight is 315 g/mol. The van der Waals surface area contributed by atoms with Crippen molar-refractivity contribution in [3.63, 3.8) is 0 Å². The quantitative estimate of drug-likeness (QED) is 0.680. The number of rotatable bonds is 1. The summed E-state index contributed by atoms with van der Waals surface area (Å²) < 4.78 is 7.33. The molecule has 0 spiro atoms. The predicted octanol–water partition coefficient (Wildman–Crippen LogP) is 1.38. The van der Waals surface area contributed by atoms with Crippen LogP contribution in [0, 0.1) is 0 Å². The summed E-state index contributed by atoms with van der Waals surface area (Å²) in [6.45, 7) is 2.20. The number of pyridine rings is 1. The maximum Gasteiger partial charge on any atom is 0.275 e. The van der Waals surface area contributed by atoms with Crippen molar-refractivity contribution in [1.29, 1.82) is 0 Å².